The van der Waals surface area contributed by atoms with Crippen LogP contribution < -0.4 is 5.73 Å². The van der Waals surface area contributed by atoms with Gasteiger partial charge in [-0.05, 0) is 5.56 Å². The summed E-state index contributed by atoms with van der Waals surface area (Å²) in [5.41, 5.74) is 7.12. The topological polar surface area (TPSA) is 64.2 Å². The first-order valence-electron chi connectivity index (χ1n) is 6.22. The Bertz CT molecular complexity index is 535. The zero-order chi connectivity index (χ0) is 13.7. The van der Waals surface area contributed by atoms with Crippen molar-refractivity contribution < 1.29 is 4.79 Å². The third-order valence-electron chi connectivity index (χ3n) is 2.83. The molecule has 1 heterocycles. The molecule has 0 spiro atoms. The molecule has 5 heteroatoms. The molecule has 1 aromatic carbocycles. The third kappa shape index (κ3) is 3.42. The van der Waals surface area contributed by atoms with Gasteiger partial charge in [0, 0.05) is 32.9 Å². The summed E-state index contributed by atoms with van der Waals surface area (Å²) in [5.74, 6) is -0.0881. The van der Waals surface area contributed by atoms with Crippen molar-refractivity contribution in [3.8, 4) is 0 Å². The summed E-state index contributed by atoms with van der Waals surface area (Å²) in [6, 6.07) is 9.87. The van der Waals surface area contributed by atoms with Crippen LogP contribution in [0.2, 0.25) is 0 Å². The van der Waals surface area contributed by atoms with Gasteiger partial charge in [-0.25, -0.2) is 4.98 Å². The largest absolute Gasteiger partial charge is 0.340 e. The molecule has 2 N–H and O–H groups in total. The summed E-state index contributed by atoms with van der Waals surface area (Å²) < 4.78 is 1.76. The first-order chi connectivity index (χ1) is 9.20. The fourth-order valence-electron chi connectivity index (χ4n) is 1.90. The standard InChI is InChI=1S/C14H18N4O/c1-17-10-13(16-11-17)14(19)18(8-7-15)9-12-5-3-2-4-6-12/h2-6,10-11H,7-9,15H2,1H3. The average Bonchev–Trinajstić information content (AvgIpc) is 2.85. The van der Waals surface area contributed by atoms with Gasteiger partial charge in [0.25, 0.3) is 5.91 Å². The van der Waals surface area contributed by atoms with Crippen molar-refractivity contribution in [1.29, 1.82) is 0 Å². The van der Waals surface area contributed by atoms with Crippen LogP contribution in [0.25, 0.3) is 0 Å². The number of aromatic nitrogens is 2. The Kier molecular flexibility index (Phi) is 4.30. The van der Waals surface area contributed by atoms with Crippen molar-refractivity contribution in [3.05, 3.63) is 54.1 Å². The molecule has 0 aliphatic carbocycles. The summed E-state index contributed by atoms with van der Waals surface area (Å²) >= 11 is 0. The first kappa shape index (κ1) is 13.3. The number of carbonyl (C=O) groups excluding carboxylic acids is 1. The summed E-state index contributed by atoms with van der Waals surface area (Å²) in [6.45, 7) is 1.50. The molecule has 19 heavy (non-hydrogen) atoms. The zero-order valence-corrected chi connectivity index (χ0v) is 11.0. The molecular weight excluding hydrogens is 240 g/mol. The smallest absolute Gasteiger partial charge is 0.274 e. The monoisotopic (exact) mass is 258 g/mol. The van der Waals surface area contributed by atoms with Gasteiger partial charge in [0.2, 0.25) is 0 Å². The van der Waals surface area contributed by atoms with Gasteiger partial charge in [-0.2, -0.15) is 0 Å². The lowest BCUT2D eigenvalue weighted by Gasteiger charge is -2.21. The van der Waals surface area contributed by atoms with Gasteiger partial charge >= 0.3 is 0 Å². The first-order valence-corrected chi connectivity index (χ1v) is 6.22. The number of hydrogen-bond donors (Lipinski definition) is 1. The minimum Gasteiger partial charge on any atom is -0.340 e. The van der Waals surface area contributed by atoms with Gasteiger partial charge in [-0.15, -0.1) is 0 Å². The Hall–Kier alpha value is -2.14. The number of nitrogens with zero attached hydrogens (tertiary/aromatic N) is 3. The maximum atomic E-state index is 12.3. The van der Waals surface area contributed by atoms with Crippen molar-refractivity contribution in [3.63, 3.8) is 0 Å². The van der Waals surface area contributed by atoms with Gasteiger partial charge in [0.15, 0.2) is 0 Å². The normalized spacial score (nSPS) is 10.4. The summed E-state index contributed by atoms with van der Waals surface area (Å²) in [7, 11) is 1.84. The lowest BCUT2D eigenvalue weighted by atomic mass is 10.2. The molecule has 0 aliphatic heterocycles. The highest BCUT2D eigenvalue weighted by molar-refractivity contribution is 5.92. The van der Waals surface area contributed by atoms with Crippen LogP contribution in [-0.4, -0.2) is 33.4 Å². The van der Waals surface area contributed by atoms with E-state index in [2.05, 4.69) is 4.98 Å². The number of imidazole rings is 1. The summed E-state index contributed by atoms with van der Waals surface area (Å²) in [4.78, 5) is 18.2. The Morgan fingerprint density at radius 2 is 2.11 bits per heavy atom. The quantitative estimate of drug-likeness (QED) is 0.871. The summed E-state index contributed by atoms with van der Waals surface area (Å²) in [5, 5.41) is 0. The molecule has 1 amide bonds. The second kappa shape index (κ2) is 6.15. The van der Waals surface area contributed by atoms with Crippen molar-refractivity contribution in [2.24, 2.45) is 12.8 Å². The van der Waals surface area contributed by atoms with E-state index < -0.39 is 0 Å². The molecule has 2 aromatic rings. The van der Waals surface area contributed by atoms with E-state index in [0.29, 0.717) is 25.3 Å². The van der Waals surface area contributed by atoms with E-state index in [1.165, 1.54) is 0 Å². The Labute approximate surface area is 112 Å². The summed E-state index contributed by atoms with van der Waals surface area (Å²) in [6.07, 6.45) is 3.34. The molecule has 5 nitrogen and oxygen atoms in total. The zero-order valence-electron chi connectivity index (χ0n) is 11.0. The number of aryl methyl sites for hydroxylation is 1. The van der Waals surface area contributed by atoms with Crippen LogP contribution in [0.1, 0.15) is 16.1 Å². The fourth-order valence-corrected chi connectivity index (χ4v) is 1.90. The maximum Gasteiger partial charge on any atom is 0.274 e. The van der Waals surface area contributed by atoms with Crippen LogP contribution in [-0.2, 0) is 13.6 Å². The lowest BCUT2D eigenvalue weighted by molar-refractivity contribution is 0.0743. The van der Waals surface area contributed by atoms with Gasteiger partial charge in [0.05, 0.1) is 6.33 Å². The molecule has 0 bridgehead atoms. The van der Waals surface area contributed by atoms with Gasteiger partial charge in [-0.3, -0.25) is 4.79 Å². The number of hydrogen-bond acceptors (Lipinski definition) is 3. The average molecular weight is 258 g/mol. The highest BCUT2D eigenvalue weighted by atomic mass is 16.2. The number of nitrogens with two attached hydrogens (primary N) is 1. The van der Waals surface area contributed by atoms with Crippen molar-refractivity contribution in [2.75, 3.05) is 13.1 Å². The van der Waals surface area contributed by atoms with E-state index in [1.807, 2.05) is 37.4 Å². The Morgan fingerprint density at radius 3 is 2.68 bits per heavy atom. The number of carbonyl (C=O) groups is 1. The molecule has 0 saturated carbocycles. The fraction of sp³-hybridized carbons (Fsp3) is 0.286. The molecular formula is C14H18N4O. The van der Waals surface area contributed by atoms with Crippen LogP contribution >= 0.6 is 0 Å². The number of rotatable bonds is 5. The number of benzene rings is 1. The molecule has 0 saturated heterocycles. The van der Waals surface area contributed by atoms with Crippen molar-refractivity contribution in [1.82, 2.24) is 14.5 Å². The van der Waals surface area contributed by atoms with Crippen molar-refractivity contribution >= 4 is 5.91 Å². The van der Waals surface area contributed by atoms with Crippen LogP contribution in [0.4, 0.5) is 0 Å². The molecule has 0 atom stereocenters. The van der Waals surface area contributed by atoms with E-state index in [-0.39, 0.29) is 5.91 Å². The minimum absolute atomic E-state index is 0.0881. The van der Waals surface area contributed by atoms with E-state index in [0.717, 1.165) is 5.56 Å². The maximum absolute atomic E-state index is 12.3. The van der Waals surface area contributed by atoms with Crippen molar-refractivity contribution in [2.45, 2.75) is 6.54 Å². The van der Waals surface area contributed by atoms with Gasteiger partial charge in [0.1, 0.15) is 5.69 Å². The second-order valence-corrected chi connectivity index (χ2v) is 4.43. The highest BCUT2D eigenvalue weighted by Crippen LogP contribution is 2.08. The van der Waals surface area contributed by atoms with Gasteiger partial charge in [-0.1, -0.05) is 30.3 Å². The van der Waals surface area contributed by atoms with E-state index >= 15 is 0 Å². The molecule has 100 valence electrons. The number of amides is 1. The molecule has 0 unspecified atom stereocenters. The second-order valence-electron chi connectivity index (χ2n) is 4.43. The van der Waals surface area contributed by atoms with Crippen LogP contribution in [0, 0.1) is 0 Å². The molecule has 0 fully saturated rings. The molecule has 2 rings (SSSR count). The molecule has 1 aromatic heterocycles. The van der Waals surface area contributed by atoms with Crippen LogP contribution in [0.5, 0.6) is 0 Å². The van der Waals surface area contributed by atoms with Crippen LogP contribution in [0.15, 0.2) is 42.9 Å². The predicted octanol–water partition coefficient (Wildman–Crippen LogP) is 1.02. The van der Waals surface area contributed by atoms with E-state index in [1.54, 1.807) is 22.0 Å². The third-order valence-corrected chi connectivity index (χ3v) is 2.83. The Balaban J connectivity index is 2.13. The van der Waals surface area contributed by atoms with E-state index in [4.69, 9.17) is 5.73 Å². The van der Waals surface area contributed by atoms with Crippen LogP contribution in [0.3, 0.4) is 0 Å². The SMILES string of the molecule is Cn1cnc(C(=O)N(CCN)Cc2ccccc2)c1. The Morgan fingerprint density at radius 1 is 1.37 bits per heavy atom. The minimum atomic E-state index is -0.0881. The van der Waals surface area contributed by atoms with Gasteiger partial charge < -0.3 is 15.2 Å². The predicted molar refractivity (Wildman–Crippen MR) is 73.4 cm³/mol. The molecule has 0 aliphatic rings. The lowest BCUT2D eigenvalue weighted by Crippen LogP contribution is -2.35. The highest BCUT2D eigenvalue weighted by Gasteiger charge is 2.17. The van der Waals surface area contributed by atoms with E-state index in [9.17, 15) is 4.79 Å². The molecule has 0 radical (unpaired) electrons.